The lowest BCUT2D eigenvalue weighted by Crippen LogP contribution is -2.25. The molecule has 1 aromatic heterocycles. The summed E-state index contributed by atoms with van der Waals surface area (Å²) >= 11 is 0. The van der Waals surface area contributed by atoms with Crippen LogP contribution in [0.3, 0.4) is 0 Å². The Bertz CT molecular complexity index is 1040. The summed E-state index contributed by atoms with van der Waals surface area (Å²) in [6.07, 6.45) is 1.77. The molecule has 3 rings (SSSR count). The van der Waals surface area contributed by atoms with E-state index in [4.69, 9.17) is 4.74 Å². The molecule has 0 unspecified atom stereocenters. The van der Waals surface area contributed by atoms with Gasteiger partial charge >= 0.3 is 5.97 Å². The number of hydrogen-bond donors (Lipinski definition) is 1. The number of esters is 1. The predicted molar refractivity (Wildman–Crippen MR) is 110 cm³/mol. The third-order valence-corrected chi connectivity index (χ3v) is 4.37. The van der Waals surface area contributed by atoms with Gasteiger partial charge in [-0.1, -0.05) is 35.9 Å². The van der Waals surface area contributed by atoms with E-state index >= 15 is 0 Å². The maximum absolute atomic E-state index is 12.7. The summed E-state index contributed by atoms with van der Waals surface area (Å²) in [6.45, 7) is 4.47. The molecular formula is C23H22N2O4. The zero-order valence-corrected chi connectivity index (χ0v) is 16.3. The number of ether oxygens (including phenoxy) is 1. The van der Waals surface area contributed by atoms with Gasteiger partial charge in [0, 0.05) is 18.4 Å². The molecule has 0 bridgehead atoms. The molecule has 0 atom stereocenters. The summed E-state index contributed by atoms with van der Waals surface area (Å²) < 4.78 is 6.69. The number of nitrogens with one attached hydrogen (secondary N) is 1. The lowest BCUT2D eigenvalue weighted by molar-refractivity contribution is -0.112. The molecule has 0 saturated carbocycles. The van der Waals surface area contributed by atoms with E-state index in [9.17, 15) is 14.4 Å². The Morgan fingerprint density at radius 2 is 1.76 bits per heavy atom. The quantitative estimate of drug-likeness (QED) is 0.378. The molecule has 1 N–H and O–H groups in total. The van der Waals surface area contributed by atoms with Crippen LogP contribution in [0.25, 0.3) is 0 Å². The van der Waals surface area contributed by atoms with Gasteiger partial charge in [-0.2, -0.15) is 0 Å². The van der Waals surface area contributed by atoms with Crippen LogP contribution >= 0.6 is 0 Å². The summed E-state index contributed by atoms with van der Waals surface area (Å²) in [6, 6.07) is 17.6. The molecule has 3 aromatic rings. The number of carbonyl (C=O) groups excluding carboxylic acids is 3. The van der Waals surface area contributed by atoms with Crippen LogP contribution in [0.1, 0.15) is 38.9 Å². The molecule has 148 valence electrons. The number of rotatable bonds is 7. The van der Waals surface area contributed by atoms with Crippen molar-refractivity contribution in [3.63, 3.8) is 0 Å². The second-order valence-corrected chi connectivity index (χ2v) is 6.59. The number of nitrogens with zero attached hydrogens (tertiary/aromatic N) is 1. The Balaban J connectivity index is 1.72. The summed E-state index contributed by atoms with van der Waals surface area (Å²) in [7, 11) is 0. The van der Waals surface area contributed by atoms with Gasteiger partial charge in [0.05, 0.1) is 17.9 Å². The topological polar surface area (TPSA) is 77.4 Å². The van der Waals surface area contributed by atoms with Crippen LogP contribution in [-0.2, 0) is 16.1 Å². The number of carbonyl (C=O) groups is 3. The maximum Gasteiger partial charge on any atom is 0.338 e. The number of anilines is 1. The zero-order chi connectivity index (χ0) is 20.8. The average molecular weight is 390 g/mol. The Labute approximate surface area is 169 Å². The number of Topliss-reactive ketones (excluding diaryl/α,β-unsaturated/α-hetero) is 1. The van der Waals surface area contributed by atoms with Crippen molar-refractivity contribution in [1.82, 2.24) is 4.57 Å². The lowest BCUT2D eigenvalue weighted by atomic mass is 10.1. The van der Waals surface area contributed by atoms with Crippen molar-refractivity contribution in [2.24, 2.45) is 0 Å². The van der Waals surface area contributed by atoms with Gasteiger partial charge in [0.25, 0.3) is 11.7 Å². The summed E-state index contributed by atoms with van der Waals surface area (Å²) in [5.74, 6) is -1.90. The molecule has 6 nitrogen and oxygen atoms in total. The predicted octanol–water partition coefficient (Wildman–Crippen LogP) is 3.84. The fourth-order valence-electron chi connectivity index (χ4n) is 2.89. The van der Waals surface area contributed by atoms with Crippen LogP contribution in [0.15, 0.2) is 66.9 Å². The van der Waals surface area contributed by atoms with Crippen molar-refractivity contribution in [2.75, 3.05) is 11.9 Å². The van der Waals surface area contributed by atoms with Crippen LogP contribution in [0, 0.1) is 6.92 Å². The number of aromatic nitrogens is 1. The standard InChI is InChI=1S/C23H22N2O4/c1-3-29-23(28)18-6-4-7-19(14-18)24-22(27)21(26)20-8-5-13-25(20)15-17-11-9-16(2)10-12-17/h4-14H,3,15H2,1-2H3,(H,24,27). The number of benzene rings is 2. The van der Waals surface area contributed by atoms with Crippen molar-refractivity contribution >= 4 is 23.3 Å². The number of amides is 1. The Morgan fingerprint density at radius 3 is 2.48 bits per heavy atom. The van der Waals surface area contributed by atoms with Gasteiger partial charge < -0.3 is 14.6 Å². The van der Waals surface area contributed by atoms with Gasteiger partial charge in [-0.05, 0) is 49.7 Å². The van der Waals surface area contributed by atoms with E-state index in [0.717, 1.165) is 11.1 Å². The average Bonchev–Trinajstić information content (AvgIpc) is 3.17. The Kier molecular flexibility index (Phi) is 6.24. The maximum atomic E-state index is 12.7. The van der Waals surface area contributed by atoms with Crippen molar-refractivity contribution in [2.45, 2.75) is 20.4 Å². The molecule has 0 saturated heterocycles. The van der Waals surface area contributed by atoms with Crippen LogP contribution in [0.2, 0.25) is 0 Å². The van der Waals surface area contributed by atoms with E-state index in [0.29, 0.717) is 23.5 Å². The molecule has 0 aliphatic rings. The van der Waals surface area contributed by atoms with E-state index in [1.165, 1.54) is 6.07 Å². The lowest BCUT2D eigenvalue weighted by Gasteiger charge is -2.10. The second-order valence-electron chi connectivity index (χ2n) is 6.59. The second kappa shape index (κ2) is 9.01. The highest BCUT2D eigenvalue weighted by atomic mass is 16.5. The number of hydrogen-bond acceptors (Lipinski definition) is 4. The van der Waals surface area contributed by atoms with Gasteiger partial charge in [0.2, 0.25) is 0 Å². The summed E-state index contributed by atoms with van der Waals surface area (Å²) in [5.41, 5.74) is 3.14. The first-order valence-corrected chi connectivity index (χ1v) is 9.31. The monoisotopic (exact) mass is 390 g/mol. The highest BCUT2D eigenvalue weighted by Crippen LogP contribution is 2.14. The highest BCUT2D eigenvalue weighted by molar-refractivity contribution is 6.46. The minimum atomic E-state index is -0.769. The molecule has 0 aliphatic heterocycles. The van der Waals surface area contributed by atoms with Gasteiger partial charge in [0.1, 0.15) is 0 Å². The normalized spacial score (nSPS) is 10.4. The molecule has 0 radical (unpaired) electrons. The minimum absolute atomic E-state index is 0.256. The van der Waals surface area contributed by atoms with E-state index in [2.05, 4.69) is 5.32 Å². The third-order valence-electron chi connectivity index (χ3n) is 4.37. The van der Waals surface area contributed by atoms with E-state index in [-0.39, 0.29) is 6.61 Å². The number of aryl methyl sites for hydroxylation is 1. The van der Waals surface area contributed by atoms with Crippen molar-refractivity contribution in [3.05, 3.63) is 89.2 Å². The van der Waals surface area contributed by atoms with Crippen LogP contribution < -0.4 is 5.32 Å². The smallest absolute Gasteiger partial charge is 0.338 e. The van der Waals surface area contributed by atoms with Crippen LogP contribution in [-0.4, -0.2) is 28.8 Å². The van der Waals surface area contributed by atoms with Gasteiger partial charge in [0.15, 0.2) is 0 Å². The summed E-state index contributed by atoms with van der Waals surface area (Å²) in [4.78, 5) is 37.0. The van der Waals surface area contributed by atoms with E-state index in [1.807, 2.05) is 31.2 Å². The Morgan fingerprint density at radius 1 is 1.00 bits per heavy atom. The first-order chi connectivity index (χ1) is 14.0. The number of ketones is 1. The van der Waals surface area contributed by atoms with Crippen LogP contribution in [0.4, 0.5) is 5.69 Å². The molecule has 1 heterocycles. The molecule has 1 amide bonds. The first kappa shape index (κ1) is 20.1. The SMILES string of the molecule is CCOC(=O)c1cccc(NC(=O)C(=O)c2cccn2Cc2ccc(C)cc2)c1. The van der Waals surface area contributed by atoms with Crippen molar-refractivity contribution in [3.8, 4) is 0 Å². The molecule has 6 heteroatoms. The minimum Gasteiger partial charge on any atom is -0.462 e. The van der Waals surface area contributed by atoms with E-state index < -0.39 is 17.7 Å². The molecule has 0 fully saturated rings. The molecule has 2 aromatic carbocycles. The van der Waals surface area contributed by atoms with Crippen molar-refractivity contribution < 1.29 is 19.1 Å². The van der Waals surface area contributed by atoms with Gasteiger partial charge in [-0.25, -0.2) is 4.79 Å². The summed E-state index contributed by atoms with van der Waals surface area (Å²) in [5, 5.41) is 2.56. The van der Waals surface area contributed by atoms with Crippen molar-refractivity contribution in [1.29, 1.82) is 0 Å². The fraction of sp³-hybridized carbons (Fsp3) is 0.174. The zero-order valence-electron chi connectivity index (χ0n) is 16.3. The van der Waals surface area contributed by atoms with Crippen LogP contribution in [0.5, 0.6) is 0 Å². The van der Waals surface area contributed by atoms with Gasteiger partial charge in [-0.3, -0.25) is 9.59 Å². The molecule has 29 heavy (non-hydrogen) atoms. The first-order valence-electron chi connectivity index (χ1n) is 9.31. The van der Waals surface area contributed by atoms with E-state index in [1.54, 1.807) is 48.0 Å². The largest absolute Gasteiger partial charge is 0.462 e. The molecule has 0 spiro atoms. The molecular weight excluding hydrogens is 368 g/mol. The van der Waals surface area contributed by atoms with Gasteiger partial charge in [-0.15, -0.1) is 0 Å². The molecule has 0 aliphatic carbocycles. The third kappa shape index (κ3) is 4.99. The fourth-order valence-corrected chi connectivity index (χ4v) is 2.89. The Hall–Kier alpha value is -3.67. The highest BCUT2D eigenvalue weighted by Gasteiger charge is 2.20.